The smallest absolute Gasteiger partial charge is 0.261 e. The second-order valence-electron chi connectivity index (χ2n) is 4.21. The van der Waals surface area contributed by atoms with Crippen LogP contribution < -0.4 is 11.3 Å². The van der Waals surface area contributed by atoms with Crippen molar-refractivity contribution in [3.8, 4) is 0 Å². The van der Waals surface area contributed by atoms with Gasteiger partial charge in [-0.2, -0.15) is 0 Å². The number of aromatic nitrogens is 2. The summed E-state index contributed by atoms with van der Waals surface area (Å²) in [4.78, 5) is 16.2. The molecule has 2 rings (SSSR count). The number of rotatable bonds is 3. The molecule has 0 aliphatic heterocycles. The van der Waals surface area contributed by atoms with Crippen LogP contribution in [0.2, 0.25) is 0 Å². The van der Waals surface area contributed by atoms with Crippen molar-refractivity contribution in [1.29, 1.82) is 0 Å². The van der Waals surface area contributed by atoms with Gasteiger partial charge in [0.05, 0.1) is 12.1 Å². The van der Waals surface area contributed by atoms with Gasteiger partial charge in [-0.3, -0.25) is 9.78 Å². The summed E-state index contributed by atoms with van der Waals surface area (Å²) in [7, 11) is 0. The van der Waals surface area contributed by atoms with Gasteiger partial charge in [-0.1, -0.05) is 11.2 Å². The average Bonchev–Trinajstić information content (AvgIpc) is 2.40. The van der Waals surface area contributed by atoms with E-state index < -0.39 is 0 Å². The Bertz CT molecular complexity index is 676. The number of aryl methyl sites for hydroxylation is 1. The summed E-state index contributed by atoms with van der Waals surface area (Å²) >= 11 is 0. The zero-order valence-corrected chi connectivity index (χ0v) is 10.4. The van der Waals surface area contributed by atoms with Crippen molar-refractivity contribution in [2.24, 2.45) is 10.9 Å². The Labute approximate surface area is 109 Å². The molecule has 0 saturated heterocycles. The van der Waals surface area contributed by atoms with Gasteiger partial charge in [-0.15, -0.1) is 0 Å². The van der Waals surface area contributed by atoms with Gasteiger partial charge in [0.15, 0.2) is 5.84 Å². The first-order chi connectivity index (χ1) is 9.11. The van der Waals surface area contributed by atoms with Gasteiger partial charge in [0.2, 0.25) is 0 Å². The number of nitrogens with zero attached hydrogens (tertiary/aromatic N) is 3. The van der Waals surface area contributed by atoms with Crippen molar-refractivity contribution in [3.05, 3.63) is 63.8 Å². The number of hydrogen-bond donors (Lipinski definition) is 2. The van der Waals surface area contributed by atoms with E-state index in [2.05, 4.69) is 10.1 Å². The van der Waals surface area contributed by atoms with E-state index in [1.54, 1.807) is 24.7 Å². The molecule has 0 atom stereocenters. The van der Waals surface area contributed by atoms with Crippen LogP contribution in [0.25, 0.3) is 0 Å². The number of oxime groups is 1. The summed E-state index contributed by atoms with van der Waals surface area (Å²) < 4.78 is 1.49. The highest BCUT2D eigenvalue weighted by molar-refractivity contribution is 5.96. The predicted molar refractivity (Wildman–Crippen MR) is 71.3 cm³/mol. The van der Waals surface area contributed by atoms with E-state index in [4.69, 9.17) is 10.9 Å². The summed E-state index contributed by atoms with van der Waals surface area (Å²) in [6.45, 7) is 2.33. The summed E-state index contributed by atoms with van der Waals surface area (Å²) in [5, 5.41) is 11.5. The van der Waals surface area contributed by atoms with E-state index in [1.165, 1.54) is 10.6 Å². The molecule has 0 unspecified atom stereocenters. The van der Waals surface area contributed by atoms with Crippen LogP contribution in [0.4, 0.5) is 0 Å². The Morgan fingerprint density at radius 2 is 2.32 bits per heavy atom. The van der Waals surface area contributed by atoms with Crippen molar-refractivity contribution < 1.29 is 5.21 Å². The summed E-state index contributed by atoms with van der Waals surface area (Å²) in [5.74, 6) is -0.193. The van der Waals surface area contributed by atoms with Crippen LogP contribution in [0.15, 0.2) is 46.7 Å². The number of pyridine rings is 2. The molecule has 0 spiro atoms. The van der Waals surface area contributed by atoms with Crippen LogP contribution in [0.1, 0.15) is 16.7 Å². The van der Waals surface area contributed by atoms with Crippen LogP contribution in [0, 0.1) is 6.92 Å². The minimum Gasteiger partial charge on any atom is -0.409 e. The lowest BCUT2D eigenvalue weighted by Crippen LogP contribution is -2.29. The third-order valence-electron chi connectivity index (χ3n) is 2.69. The highest BCUT2D eigenvalue weighted by atomic mass is 16.4. The fourth-order valence-corrected chi connectivity index (χ4v) is 1.81. The molecule has 6 nitrogen and oxygen atoms in total. The molecule has 0 amide bonds. The molecular weight excluding hydrogens is 244 g/mol. The molecule has 0 aliphatic rings. The van der Waals surface area contributed by atoms with E-state index in [9.17, 15) is 4.79 Å². The number of nitrogens with two attached hydrogens (primary N) is 1. The average molecular weight is 258 g/mol. The van der Waals surface area contributed by atoms with Crippen molar-refractivity contribution in [2.75, 3.05) is 0 Å². The van der Waals surface area contributed by atoms with Crippen molar-refractivity contribution in [1.82, 2.24) is 9.55 Å². The Morgan fingerprint density at radius 3 is 3.00 bits per heavy atom. The molecule has 6 heteroatoms. The van der Waals surface area contributed by atoms with Gasteiger partial charge in [-0.25, -0.2) is 0 Å². The maximum absolute atomic E-state index is 12.1. The second kappa shape index (κ2) is 5.34. The maximum Gasteiger partial charge on any atom is 0.261 e. The van der Waals surface area contributed by atoms with Crippen LogP contribution in [-0.2, 0) is 6.54 Å². The van der Waals surface area contributed by atoms with Gasteiger partial charge in [0.1, 0.15) is 0 Å². The van der Waals surface area contributed by atoms with Gasteiger partial charge in [0, 0.05) is 18.6 Å². The minimum absolute atomic E-state index is 0.172. The molecule has 0 aromatic carbocycles. The standard InChI is InChI=1S/C13H14N4O2/c1-9-5-10(7-15-6-9)8-17-4-2-3-11(13(17)18)12(14)16-19/h2-7,19H,8H2,1H3,(H2,14,16). The quantitative estimate of drug-likeness (QED) is 0.366. The molecule has 2 aromatic heterocycles. The summed E-state index contributed by atoms with van der Waals surface area (Å²) in [6.07, 6.45) is 5.10. The van der Waals surface area contributed by atoms with E-state index >= 15 is 0 Å². The lowest BCUT2D eigenvalue weighted by molar-refractivity contribution is 0.318. The fraction of sp³-hybridized carbons (Fsp3) is 0.154. The van der Waals surface area contributed by atoms with E-state index in [-0.39, 0.29) is 17.0 Å². The number of amidine groups is 1. The SMILES string of the molecule is Cc1cncc(Cn2cccc(/C(N)=N/O)c2=O)c1. The molecule has 0 saturated carbocycles. The van der Waals surface area contributed by atoms with Crippen LogP contribution in [0.3, 0.4) is 0 Å². The summed E-state index contributed by atoms with van der Waals surface area (Å²) in [5.41, 5.74) is 7.26. The highest BCUT2D eigenvalue weighted by Crippen LogP contribution is 2.03. The van der Waals surface area contributed by atoms with Crippen molar-refractivity contribution in [2.45, 2.75) is 13.5 Å². The normalized spacial score (nSPS) is 11.5. The van der Waals surface area contributed by atoms with Crippen molar-refractivity contribution in [3.63, 3.8) is 0 Å². The molecule has 0 aliphatic carbocycles. The van der Waals surface area contributed by atoms with Gasteiger partial charge >= 0.3 is 0 Å². The first-order valence-electron chi connectivity index (χ1n) is 5.69. The monoisotopic (exact) mass is 258 g/mol. The van der Waals surface area contributed by atoms with E-state index in [0.29, 0.717) is 6.54 Å². The lowest BCUT2D eigenvalue weighted by Gasteiger charge is -2.07. The van der Waals surface area contributed by atoms with Gasteiger partial charge in [0.25, 0.3) is 5.56 Å². The molecule has 0 bridgehead atoms. The second-order valence-corrected chi connectivity index (χ2v) is 4.21. The molecule has 0 fully saturated rings. The zero-order chi connectivity index (χ0) is 13.8. The van der Waals surface area contributed by atoms with E-state index in [0.717, 1.165) is 11.1 Å². The molecule has 98 valence electrons. The molecule has 3 N–H and O–H groups in total. The zero-order valence-electron chi connectivity index (χ0n) is 10.4. The fourth-order valence-electron chi connectivity index (χ4n) is 1.81. The Hall–Kier alpha value is -2.63. The summed E-state index contributed by atoms with van der Waals surface area (Å²) in [6, 6.07) is 5.15. The van der Waals surface area contributed by atoms with Crippen LogP contribution in [-0.4, -0.2) is 20.6 Å². The Morgan fingerprint density at radius 1 is 1.53 bits per heavy atom. The first kappa shape index (κ1) is 12.8. The lowest BCUT2D eigenvalue weighted by atomic mass is 10.2. The Balaban J connectivity index is 2.39. The van der Waals surface area contributed by atoms with E-state index in [1.807, 2.05) is 13.0 Å². The molecule has 19 heavy (non-hydrogen) atoms. The van der Waals surface area contributed by atoms with Gasteiger partial charge in [-0.05, 0) is 30.2 Å². The largest absolute Gasteiger partial charge is 0.409 e. The van der Waals surface area contributed by atoms with Crippen LogP contribution >= 0.6 is 0 Å². The molecule has 2 heterocycles. The third kappa shape index (κ3) is 2.79. The Kier molecular flexibility index (Phi) is 3.61. The topological polar surface area (TPSA) is 93.5 Å². The first-order valence-corrected chi connectivity index (χ1v) is 5.69. The van der Waals surface area contributed by atoms with Gasteiger partial charge < -0.3 is 15.5 Å². The number of hydrogen-bond acceptors (Lipinski definition) is 4. The highest BCUT2D eigenvalue weighted by Gasteiger charge is 2.07. The predicted octanol–water partition coefficient (Wildman–Crippen LogP) is 0.695. The molecule has 2 aromatic rings. The van der Waals surface area contributed by atoms with Crippen LogP contribution in [0.5, 0.6) is 0 Å². The van der Waals surface area contributed by atoms with Crippen molar-refractivity contribution >= 4 is 5.84 Å². The maximum atomic E-state index is 12.1. The molecular formula is C13H14N4O2. The minimum atomic E-state index is -0.306. The third-order valence-corrected chi connectivity index (χ3v) is 2.69. The molecule has 0 radical (unpaired) electrons.